The molecule has 0 aliphatic carbocycles. The third kappa shape index (κ3) is 43.6. The van der Waals surface area contributed by atoms with Gasteiger partial charge in [-0.1, -0.05) is 192 Å². The van der Waals surface area contributed by atoms with E-state index in [1.807, 2.05) is 0 Å². The second-order valence-corrected chi connectivity index (χ2v) is 17.2. The number of phosphoric acid groups is 1. The molecule has 56 heavy (non-hydrogen) atoms. The Bertz CT molecular complexity index is 975. The van der Waals surface area contributed by atoms with Crippen LogP contribution in [-0.4, -0.2) is 54.3 Å². The highest BCUT2D eigenvalue weighted by molar-refractivity contribution is 7.47. The molecule has 0 aromatic carbocycles. The van der Waals surface area contributed by atoms with Crippen LogP contribution in [-0.2, 0) is 27.9 Å². The van der Waals surface area contributed by atoms with Crippen LogP contribution in [0.4, 0.5) is 0 Å². The number of hydrogen-bond acceptors (Lipinski definition) is 7. The molecular weight excluding hydrogens is 725 g/mol. The number of phosphoric ester groups is 1. The van der Waals surface area contributed by atoms with Gasteiger partial charge >= 0.3 is 13.8 Å². The molecule has 0 aromatic heterocycles. The number of unbranched alkanes of at least 4 members (excludes halogenated alkanes) is 27. The van der Waals surface area contributed by atoms with Crippen molar-refractivity contribution in [2.45, 2.75) is 232 Å². The number of ether oxygens (including phenoxy) is 1. The molecule has 0 bridgehead atoms. The number of esters is 1. The van der Waals surface area contributed by atoms with Crippen LogP contribution in [0, 0.1) is 0 Å². The van der Waals surface area contributed by atoms with Gasteiger partial charge in [-0.25, -0.2) is 4.57 Å². The van der Waals surface area contributed by atoms with Crippen molar-refractivity contribution in [3.63, 3.8) is 0 Å². The number of hydrogen-bond donors (Lipinski definition) is 3. The van der Waals surface area contributed by atoms with E-state index >= 15 is 0 Å². The van der Waals surface area contributed by atoms with Crippen molar-refractivity contribution in [2.75, 3.05) is 26.4 Å². The Kier molecular flexibility index (Phi) is 41.9. The molecule has 0 saturated heterocycles. The zero-order valence-electron chi connectivity index (χ0n) is 36.3. The van der Waals surface area contributed by atoms with Crippen LogP contribution in [0.1, 0.15) is 226 Å². The third-order valence-electron chi connectivity index (χ3n) is 10.1. The van der Waals surface area contributed by atoms with E-state index in [2.05, 4.69) is 43.5 Å². The highest BCUT2D eigenvalue weighted by atomic mass is 31.2. The Hall–Kier alpha value is -1.51. The van der Waals surface area contributed by atoms with Crippen molar-refractivity contribution < 1.29 is 37.9 Å². The summed E-state index contributed by atoms with van der Waals surface area (Å²) in [6.45, 7) is 3.56. The molecule has 0 spiro atoms. The maximum atomic E-state index is 12.1. The lowest BCUT2D eigenvalue weighted by Gasteiger charge is -2.15. The summed E-state index contributed by atoms with van der Waals surface area (Å²) in [5.41, 5.74) is 0. The Morgan fingerprint density at radius 1 is 0.554 bits per heavy atom. The lowest BCUT2D eigenvalue weighted by molar-refractivity contribution is -0.147. The second kappa shape index (κ2) is 43.1. The topological polar surface area (TPSA) is 131 Å². The average Bonchev–Trinajstić information content (AvgIpc) is 3.18. The Balaban J connectivity index is 3.55. The Labute approximate surface area is 344 Å². The Morgan fingerprint density at radius 3 is 1.46 bits per heavy atom. The van der Waals surface area contributed by atoms with E-state index in [4.69, 9.17) is 13.8 Å². The number of carbonyl (C=O) groups excluding carboxylic acids is 2. The molecule has 0 fully saturated rings. The van der Waals surface area contributed by atoms with Gasteiger partial charge in [-0.05, 0) is 44.9 Å². The average molecular weight is 814 g/mol. The van der Waals surface area contributed by atoms with Gasteiger partial charge < -0.3 is 20.1 Å². The SMILES string of the molecule is CCCCC/C=C\C/C=C\CCCCCCCCCCCCCC(=O)OCC(O)COP(=O)(O)OCCNC(=O)CCCCCCCCCCCCCCCC. The summed E-state index contributed by atoms with van der Waals surface area (Å²) in [7, 11) is -4.41. The fourth-order valence-corrected chi connectivity index (χ4v) is 7.35. The largest absolute Gasteiger partial charge is 0.472 e. The number of carbonyl (C=O) groups is 2. The van der Waals surface area contributed by atoms with Gasteiger partial charge in [0.25, 0.3) is 0 Å². The van der Waals surface area contributed by atoms with Crippen LogP contribution in [0.3, 0.4) is 0 Å². The van der Waals surface area contributed by atoms with Gasteiger partial charge in [0.05, 0.1) is 13.2 Å². The van der Waals surface area contributed by atoms with Gasteiger partial charge in [-0.2, -0.15) is 0 Å². The van der Waals surface area contributed by atoms with E-state index in [-0.39, 0.29) is 32.1 Å². The molecule has 0 aliphatic rings. The fraction of sp³-hybridized carbons (Fsp3) is 0.870. The molecule has 0 saturated carbocycles. The van der Waals surface area contributed by atoms with Crippen LogP contribution in [0.5, 0.6) is 0 Å². The van der Waals surface area contributed by atoms with Crippen molar-refractivity contribution >= 4 is 19.7 Å². The maximum absolute atomic E-state index is 12.1. The van der Waals surface area contributed by atoms with Gasteiger partial charge in [0.1, 0.15) is 12.7 Å². The summed E-state index contributed by atoms with van der Waals surface area (Å²) in [6, 6.07) is 0. The van der Waals surface area contributed by atoms with E-state index in [1.54, 1.807) is 0 Å². The number of aliphatic hydroxyl groups is 1. The smallest absolute Gasteiger partial charge is 0.463 e. The zero-order chi connectivity index (χ0) is 41.1. The summed E-state index contributed by atoms with van der Waals surface area (Å²) < 4.78 is 26.9. The second-order valence-electron chi connectivity index (χ2n) is 15.7. The summed E-state index contributed by atoms with van der Waals surface area (Å²) >= 11 is 0. The molecule has 1 amide bonds. The van der Waals surface area contributed by atoms with Crippen LogP contribution in [0.15, 0.2) is 24.3 Å². The first-order valence-electron chi connectivity index (χ1n) is 23.3. The first kappa shape index (κ1) is 54.5. The van der Waals surface area contributed by atoms with Gasteiger partial charge in [0.2, 0.25) is 5.91 Å². The van der Waals surface area contributed by atoms with Gasteiger partial charge in [-0.15, -0.1) is 0 Å². The van der Waals surface area contributed by atoms with Crippen LogP contribution in [0.25, 0.3) is 0 Å². The van der Waals surface area contributed by atoms with Gasteiger partial charge in [-0.3, -0.25) is 18.6 Å². The van der Waals surface area contributed by atoms with E-state index in [1.165, 1.54) is 154 Å². The highest BCUT2D eigenvalue weighted by Crippen LogP contribution is 2.42. The molecule has 0 heterocycles. The van der Waals surface area contributed by atoms with Crippen molar-refractivity contribution in [1.29, 1.82) is 0 Å². The molecule has 2 unspecified atom stereocenters. The monoisotopic (exact) mass is 814 g/mol. The standard InChI is InChI=1S/C46H88NO8P/c1-3-5-7-9-11-13-15-17-19-20-21-22-23-24-25-27-29-31-33-35-37-39-46(50)53-42-44(48)43-55-56(51,52)54-41-40-47-45(49)38-36-34-32-30-28-26-18-16-14-12-10-8-6-4-2/h11,13,17,19,44,48H,3-10,12,14-16,18,20-43H2,1-2H3,(H,47,49)(H,51,52)/b13-11-,19-17-. The summed E-state index contributed by atoms with van der Waals surface area (Å²) in [6.07, 6.45) is 46.8. The minimum atomic E-state index is -4.41. The first-order chi connectivity index (χ1) is 27.3. The van der Waals surface area contributed by atoms with E-state index in [0.717, 1.165) is 44.9 Å². The summed E-state index contributed by atoms with van der Waals surface area (Å²) in [5, 5.41) is 12.7. The number of aliphatic hydroxyl groups excluding tert-OH is 1. The predicted molar refractivity (Wildman–Crippen MR) is 234 cm³/mol. The Morgan fingerprint density at radius 2 is 0.964 bits per heavy atom. The lowest BCUT2D eigenvalue weighted by atomic mass is 10.0. The summed E-state index contributed by atoms with van der Waals surface area (Å²) in [5.74, 6) is -0.510. The van der Waals surface area contributed by atoms with Crippen LogP contribution in [0.2, 0.25) is 0 Å². The normalized spacial score (nSPS) is 13.4. The molecule has 0 aromatic rings. The van der Waals surface area contributed by atoms with Crippen molar-refractivity contribution in [2.24, 2.45) is 0 Å². The van der Waals surface area contributed by atoms with Crippen LogP contribution >= 0.6 is 7.82 Å². The molecule has 2 atom stereocenters. The maximum Gasteiger partial charge on any atom is 0.472 e. The summed E-state index contributed by atoms with van der Waals surface area (Å²) in [4.78, 5) is 33.9. The zero-order valence-corrected chi connectivity index (χ0v) is 37.2. The quantitative estimate of drug-likeness (QED) is 0.0240. The van der Waals surface area contributed by atoms with E-state index in [9.17, 15) is 24.2 Å². The van der Waals surface area contributed by atoms with Crippen LogP contribution < -0.4 is 5.32 Å². The fourth-order valence-electron chi connectivity index (χ4n) is 6.59. The molecule has 10 heteroatoms. The molecule has 330 valence electrons. The number of nitrogens with one attached hydrogen (secondary N) is 1. The molecule has 0 radical (unpaired) electrons. The van der Waals surface area contributed by atoms with E-state index in [0.29, 0.717) is 6.42 Å². The third-order valence-corrected chi connectivity index (χ3v) is 11.1. The lowest BCUT2D eigenvalue weighted by Crippen LogP contribution is -2.27. The molecular formula is C46H88NO8P. The van der Waals surface area contributed by atoms with E-state index < -0.39 is 26.5 Å². The number of rotatable bonds is 44. The number of allylic oxidation sites excluding steroid dienone is 4. The number of amides is 1. The first-order valence-corrected chi connectivity index (χ1v) is 24.8. The highest BCUT2D eigenvalue weighted by Gasteiger charge is 2.23. The van der Waals surface area contributed by atoms with Crippen molar-refractivity contribution in [3.05, 3.63) is 24.3 Å². The minimum absolute atomic E-state index is 0.0854. The molecule has 9 nitrogen and oxygen atoms in total. The van der Waals surface area contributed by atoms with Gasteiger partial charge in [0.15, 0.2) is 0 Å². The molecule has 3 N–H and O–H groups in total. The minimum Gasteiger partial charge on any atom is -0.463 e. The van der Waals surface area contributed by atoms with Gasteiger partial charge in [0, 0.05) is 19.4 Å². The van der Waals surface area contributed by atoms with Crippen molar-refractivity contribution in [3.8, 4) is 0 Å². The molecule has 0 aliphatic heterocycles. The predicted octanol–water partition coefficient (Wildman–Crippen LogP) is 13.2. The van der Waals surface area contributed by atoms with Crippen molar-refractivity contribution in [1.82, 2.24) is 5.32 Å². The molecule has 0 rings (SSSR count).